The Labute approximate surface area is 114 Å². The summed E-state index contributed by atoms with van der Waals surface area (Å²) in [6, 6.07) is 4.97. The van der Waals surface area contributed by atoms with Gasteiger partial charge in [-0.2, -0.15) is 0 Å². The fourth-order valence-corrected chi connectivity index (χ4v) is 1.64. The van der Waals surface area contributed by atoms with Crippen LogP contribution in [0.2, 0.25) is 5.02 Å². The van der Waals surface area contributed by atoms with Crippen LogP contribution in [0.4, 0.5) is 4.79 Å². The highest BCUT2D eigenvalue weighted by Gasteiger charge is 2.15. The maximum absolute atomic E-state index is 10.8. The quantitative estimate of drug-likeness (QED) is 0.931. The van der Waals surface area contributed by atoms with E-state index in [-0.39, 0.29) is 5.75 Å². The van der Waals surface area contributed by atoms with Gasteiger partial charge in [0.1, 0.15) is 0 Å². The van der Waals surface area contributed by atoms with E-state index in [0.29, 0.717) is 22.2 Å². The summed E-state index contributed by atoms with van der Waals surface area (Å²) < 4.78 is 10.1. The molecule has 0 radical (unpaired) electrons. The van der Waals surface area contributed by atoms with Gasteiger partial charge in [-0.25, -0.2) is 14.8 Å². The third kappa shape index (κ3) is 2.92. The van der Waals surface area contributed by atoms with Crippen molar-refractivity contribution in [2.75, 3.05) is 7.11 Å². The van der Waals surface area contributed by atoms with Gasteiger partial charge in [-0.1, -0.05) is 17.7 Å². The number of para-hydroxylation sites is 1. The summed E-state index contributed by atoms with van der Waals surface area (Å²) in [5, 5.41) is 0.423. The molecule has 0 aliphatic carbocycles. The van der Waals surface area contributed by atoms with E-state index in [1.54, 1.807) is 18.2 Å². The maximum atomic E-state index is 10.8. The van der Waals surface area contributed by atoms with Gasteiger partial charge in [0.25, 0.3) is 0 Å². The molecule has 2 aromatic rings. The summed E-state index contributed by atoms with van der Waals surface area (Å²) in [6.07, 6.45) is 2.00. The Morgan fingerprint density at radius 3 is 2.58 bits per heavy atom. The Kier molecular flexibility index (Phi) is 3.82. The molecule has 0 aliphatic rings. The molecule has 2 rings (SSSR count). The van der Waals surface area contributed by atoms with Crippen LogP contribution >= 0.6 is 11.6 Å². The molecule has 1 aromatic carbocycles. The topological polar surface area (TPSA) is 87.3 Å². The predicted molar refractivity (Wildman–Crippen MR) is 69.2 cm³/mol. The number of nitrogens with zero attached hydrogens (tertiary/aromatic N) is 2. The van der Waals surface area contributed by atoms with Crippen molar-refractivity contribution in [3.63, 3.8) is 0 Å². The zero-order valence-corrected chi connectivity index (χ0v) is 10.7. The van der Waals surface area contributed by atoms with Gasteiger partial charge in [-0.15, -0.1) is 0 Å². The third-order valence-electron chi connectivity index (χ3n) is 2.25. The number of benzene rings is 1. The molecule has 0 unspecified atom stereocenters. The summed E-state index contributed by atoms with van der Waals surface area (Å²) in [5.74, 6) is 0.922. The fraction of sp³-hybridized carbons (Fsp3) is 0.0833. The molecular weight excluding hydrogens is 270 g/mol. The smallest absolute Gasteiger partial charge is 0.410 e. The van der Waals surface area contributed by atoms with Crippen molar-refractivity contribution in [3.05, 3.63) is 35.6 Å². The van der Waals surface area contributed by atoms with E-state index in [0.717, 1.165) is 0 Å². The Balaban J connectivity index is 2.50. The molecule has 6 nitrogen and oxygen atoms in total. The normalized spacial score (nSPS) is 10.0. The first-order valence-electron chi connectivity index (χ1n) is 5.24. The van der Waals surface area contributed by atoms with Crippen molar-refractivity contribution in [1.82, 2.24) is 9.97 Å². The van der Waals surface area contributed by atoms with Gasteiger partial charge >= 0.3 is 6.09 Å². The second-order valence-corrected chi connectivity index (χ2v) is 3.92. The minimum Gasteiger partial charge on any atom is -0.492 e. The molecule has 0 bridgehead atoms. The average molecular weight is 280 g/mol. The van der Waals surface area contributed by atoms with Gasteiger partial charge in [0.05, 0.1) is 17.7 Å². The minimum atomic E-state index is -0.924. The van der Waals surface area contributed by atoms with Gasteiger partial charge in [0.15, 0.2) is 17.3 Å². The highest BCUT2D eigenvalue weighted by Crippen LogP contribution is 2.36. The van der Waals surface area contributed by atoms with E-state index in [1.807, 2.05) is 0 Å². The zero-order valence-electron chi connectivity index (χ0n) is 9.96. The summed E-state index contributed by atoms with van der Waals surface area (Å²) in [4.78, 5) is 19.0. The summed E-state index contributed by atoms with van der Waals surface area (Å²) in [7, 11) is 1.45. The van der Waals surface area contributed by atoms with E-state index in [9.17, 15) is 4.79 Å². The highest BCUT2D eigenvalue weighted by molar-refractivity contribution is 6.30. The molecule has 0 atom stereocenters. The van der Waals surface area contributed by atoms with Crippen LogP contribution in [0.1, 0.15) is 0 Å². The Bertz CT molecular complexity index is 602. The zero-order chi connectivity index (χ0) is 13.8. The first kappa shape index (κ1) is 13.1. The monoisotopic (exact) mass is 279 g/mol. The Hall–Kier alpha value is -2.34. The number of amides is 1. The molecule has 1 heterocycles. The number of nitrogens with two attached hydrogens (primary N) is 1. The standard InChI is InChI=1S/C12H10ClN3O3/c1-18-10-8(11-15-5-7(13)6-16-11)3-2-4-9(10)19-12(14)17/h2-6H,1H3,(H2,14,17). The second kappa shape index (κ2) is 5.53. The lowest BCUT2D eigenvalue weighted by molar-refractivity contribution is 0.208. The number of primary amides is 1. The number of carbonyl (C=O) groups excluding carboxylic acids is 1. The maximum Gasteiger partial charge on any atom is 0.410 e. The summed E-state index contributed by atoms with van der Waals surface area (Å²) >= 11 is 5.73. The predicted octanol–water partition coefficient (Wildman–Crippen LogP) is 2.26. The van der Waals surface area contributed by atoms with E-state index in [4.69, 9.17) is 26.8 Å². The minimum absolute atomic E-state index is 0.200. The van der Waals surface area contributed by atoms with Crippen LogP contribution in [0.15, 0.2) is 30.6 Å². The lowest BCUT2D eigenvalue weighted by Gasteiger charge is -2.11. The largest absolute Gasteiger partial charge is 0.492 e. The lowest BCUT2D eigenvalue weighted by atomic mass is 10.1. The number of hydrogen-bond donors (Lipinski definition) is 1. The number of carbonyl (C=O) groups is 1. The molecule has 0 saturated carbocycles. The number of hydrogen-bond acceptors (Lipinski definition) is 5. The van der Waals surface area contributed by atoms with Gasteiger partial charge in [0, 0.05) is 12.4 Å². The van der Waals surface area contributed by atoms with E-state index in [2.05, 4.69) is 9.97 Å². The Morgan fingerprint density at radius 2 is 2.00 bits per heavy atom. The summed E-state index contributed by atoms with van der Waals surface area (Å²) in [6.45, 7) is 0. The molecule has 98 valence electrons. The number of rotatable bonds is 3. The van der Waals surface area contributed by atoms with Crippen molar-refractivity contribution < 1.29 is 14.3 Å². The van der Waals surface area contributed by atoms with Crippen LogP contribution in [0, 0.1) is 0 Å². The number of methoxy groups -OCH3 is 1. The van der Waals surface area contributed by atoms with E-state index >= 15 is 0 Å². The lowest BCUT2D eigenvalue weighted by Crippen LogP contribution is -2.16. The van der Waals surface area contributed by atoms with Crippen LogP contribution in [0.25, 0.3) is 11.4 Å². The second-order valence-electron chi connectivity index (χ2n) is 3.48. The van der Waals surface area contributed by atoms with Gasteiger partial charge < -0.3 is 15.2 Å². The van der Waals surface area contributed by atoms with Crippen LogP contribution in [0.3, 0.4) is 0 Å². The highest BCUT2D eigenvalue weighted by atomic mass is 35.5. The molecule has 0 aliphatic heterocycles. The van der Waals surface area contributed by atoms with Crippen molar-refractivity contribution in [2.45, 2.75) is 0 Å². The molecule has 1 amide bonds. The van der Waals surface area contributed by atoms with E-state index < -0.39 is 6.09 Å². The average Bonchev–Trinajstić information content (AvgIpc) is 2.38. The van der Waals surface area contributed by atoms with E-state index in [1.165, 1.54) is 19.5 Å². The first-order chi connectivity index (χ1) is 9.11. The fourth-order valence-electron chi connectivity index (χ4n) is 1.54. The van der Waals surface area contributed by atoms with Crippen LogP contribution < -0.4 is 15.2 Å². The third-order valence-corrected chi connectivity index (χ3v) is 2.45. The number of halogens is 1. The van der Waals surface area contributed by atoms with Gasteiger partial charge in [-0.05, 0) is 12.1 Å². The molecule has 2 N–H and O–H groups in total. The molecule has 0 fully saturated rings. The molecular formula is C12H10ClN3O3. The van der Waals surface area contributed by atoms with Crippen LogP contribution in [-0.2, 0) is 0 Å². The SMILES string of the molecule is COc1c(OC(N)=O)cccc1-c1ncc(Cl)cn1. The van der Waals surface area contributed by atoms with Crippen molar-refractivity contribution in [1.29, 1.82) is 0 Å². The molecule has 0 saturated heterocycles. The van der Waals surface area contributed by atoms with Crippen LogP contribution in [-0.4, -0.2) is 23.2 Å². The molecule has 7 heteroatoms. The number of ether oxygens (including phenoxy) is 2. The molecule has 1 aromatic heterocycles. The van der Waals surface area contributed by atoms with Crippen molar-refractivity contribution in [2.24, 2.45) is 5.73 Å². The van der Waals surface area contributed by atoms with Crippen molar-refractivity contribution in [3.8, 4) is 22.9 Å². The van der Waals surface area contributed by atoms with Crippen LogP contribution in [0.5, 0.6) is 11.5 Å². The summed E-state index contributed by atoms with van der Waals surface area (Å²) in [5.41, 5.74) is 5.56. The van der Waals surface area contributed by atoms with Gasteiger partial charge in [0.2, 0.25) is 0 Å². The first-order valence-corrected chi connectivity index (χ1v) is 5.62. The van der Waals surface area contributed by atoms with Gasteiger partial charge in [-0.3, -0.25) is 0 Å². The van der Waals surface area contributed by atoms with Crippen molar-refractivity contribution >= 4 is 17.7 Å². The Morgan fingerprint density at radius 1 is 1.32 bits per heavy atom. The molecule has 19 heavy (non-hydrogen) atoms. The number of aromatic nitrogens is 2. The molecule has 0 spiro atoms.